The fraction of sp³-hybridized carbons (Fsp3) is 0.250. The zero-order valence-corrected chi connectivity index (χ0v) is 10.1. The molecule has 102 valence electrons. The summed E-state index contributed by atoms with van der Waals surface area (Å²) in [6.07, 6.45) is -0.710. The molecule has 1 atom stereocenters. The third-order valence-corrected chi connectivity index (χ3v) is 2.44. The lowest BCUT2D eigenvalue weighted by atomic mass is 10.1. The van der Waals surface area contributed by atoms with Gasteiger partial charge in [0.15, 0.2) is 0 Å². The molecule has 0 saturated carbocycles. The van der Waals surface area contributed by atoms with Crippen LogP contribution >= 0.6 is 0 Å². The van der Waals surface area contributed by atoms with Gasteiger partial charge in [-0.25, -0.2) is 4.79 Å². The van der Waals surface area contributed by atoms with Crippen LogP contribution in [0.3, 0.4) is 0 Å². The summed E-state index contributed by atoms with van der Waals surface area (Å²) < 4.78 is 0. The van der Waals surface area contributed by atoms with Crippen molar-refractivity contribution in [1.82, 2.24) is 5.32 Å². The van der Waals surface area contributed by atoms with E-state index < -0.39 is 30.3 Å². The van der Waals surface area contributed by atoms with Gasteiger partial charge in [0.1, 0.15) is 11.8 Å². The van der Waals surface area contributed by atoms with E-state index in [9.17, 15) is 19.5 Å². The molecule has 0 radical (unpaired) electrons. The predicted molar refractivity (Wildman–Crippen MR) is 64.0 cm³/mol. The molecule has 0 saturated heterocycles. The summed E-state index contributed by atoms with van der Waals surface area (Å²) in [4.78, 5) is 33.0. The number of phenolic OH excluding ortho intramolecular Hbond substituents is 1. The number of hydrogen-bond acceptors (Lipinski definition) is 4. The average Bonchev–Trinajstić information content (AvgIpc) is 2.31. The van der Waals surface area contributed by atoms with E-state index in [2.05, 4.69) is 5.32 Å². The molecular weight excluding hydrogens is 254 g/mol. The summed E-state index contributed by atoms with van der Waals surface area (Å²) in [5, 5.41) is 28.8. The molecule has 1 aromatic rings. The zero-order chi connectivity index (χ0) is 14.6. The quantitative estimate of drug-likeness (QED) is 0.610. The molecule has 0 fully saturated rings. The van der Waals surface area contributed by atoms with Gasteiger partial charge in [-0.15, -0.1) is 0 Å². The van der Waals surface area contributed by atoms with Crippen LogP contribution in [0.1, 0.15) is 22.3 Å². The van der Waals surface area contributed by atoms with E-state index in [0.29, 0.717) is 5.56 Å². The molecule has 19 heavy (non-hydrogen) atoms. The fourth-order valence-corrected chi connectivity index (χ4v) is 1.41. The summed E-state index contributed by atoms with van der Waals surface area (Å²) >= 11 is 0. The smallest absolute Gasteiger partial charge is 0.326 e. The van der Waals surface area contributed by atoms with Gasteiger partial charge < -0.3 is 20.6 Å². The van der Waals surface area contributed by atoms with Gasteiger partial charge in [0.25, 0.3) is 5.91 Å². The van der Waals surface area contributed by atoms with Crippen LogP contribution in [-0.4, -0.2) is 39.2 Å². The van der Waals surface area contributed by atoms with Crippen molar-refractivity contribution in [2.24, 2.45) is 0 Å². The Morgan fingerprint density at radius 1 is 1.26 bits per heavy atom. The Morgan fingerprint density at radius 3 is 2.37 bits per heavy atom. The molecule has 0 aliphatic carbocycles. The molecule has 1 amide bonds. The Bertz CT molecular complexity index is 525. The second kappa shape index (κ2) is 5.85. The standard InChI is InChI=1S/C12H13NO6/c1-6-4-7(2-3-9(6)14)11(17)13-8(12(18)19)5-10(15)16/h2-4,8,14H,5H2,1H3,(H,13,17)(H,15,16)(H,18,19). The first-order valence-electron chi connectivity index (χ1n) is 5.36. The largest absolute Gasteiger partial charge is 0.508 e. The highest BCUT2D eigenvalue weighted by atomic mass is 16.4. The number of carboxylic acids is 2. The number of carboxylic acid groups (broad SMARTS) is 2. The van der Waals surface area contributed by atoms with E-state index in [1.165, 1.54) is 18.2 Å². The first-order valence-corrected chi connectivity index (χ1v) is 5.36. The van der Waals surface area contributed by atoms with Gasteiger partial charge in [0.2, 0.25) is 0 Å². The summed E-state index contributed by atoms with van der Waals surface area (Å²) in [6.45, 7) is 1.58. The minimum absolute atomic E-state index is 0.0110. The van der Waals surface area contributed by atoms with E-state index in [1.54, 1.807) is 6.92 Å². The molecule has 0 aromatic heterocycles. The molecule has 1 aromatic carbocycles. The van der Waals surface area contributed by atoms with Crippen molar-refractivity contribution < 1.29 is 29.7 Å². The number of benzene rings is 1. The Balaban J connectivity index is 2.84. The molecule has 0 heterocycles. The van der Waals surface area contributed by atoms with Crippen LogP contribution in [0.4, 0.5) is 0 Å². The van der Waals surface area contributed by atoms with Crippen molar-refractivity contribution in [3.8, 4) is 5.75 Å². The topological polar surface area (TPSA) is 124 Å². The number of carbonyl (C=O) groups is 3. The van der Waals surface area contributed by atoms with E-state index in [1.807, 2.05) is 0 Å². The maximum Gasteiger partial charge on any atom is 0.326 e. The Hall–Kier alpha value is -2.57. The molecule has 0 aliphatic rings. The third kappa shape index (κ3) is 3.98. The number of amides is 1. The number of nitrogens with one attached hydrogen (secondary N) is 1. The van der Waals surface area contributed by atoms with Crippen molar-refractivity contribution >= 4 is 17.8 Å². The molecule has 7 nitrogen and oxygen atoms in total. The molecule has 4 N–H and O–H groups in total. The highest BCUT2D eigenvalue weighted by Crippen LogP contribution is 2.16. The van der Waals surface area contributed by atoms with E-state index in [-0.39, 0.29) is 11.3 Å². The number of phenols is 1. The summed E-state index contributed by atoms with van der Waals surface area (Å²) in [7, 11) is 0. The molecule has 0 spiro atoms. The van der Waals surface area contributed by atoms with Crippen LogP contribution in [-0.2, 0) is 9.59 Å². The Kier molecular flexibility index (Phi) is 4.46. The molecule has 1 rings (SSSR count). The first-order chi connectivity index (χ1) is 8.81. The number of aromatic hydroxyl groups is 1. The van der Waals surface area contributed by atoms with Crippen molar-refractivity contribution in [3.63, 3.8) is 0 Å². The summed E-state index contributed by atoms with van der Waals surface area (Å²) in [5.41, 5.74) is 0.602. The predicted octanol–water partition coefficient (Wildman–Crippen LogP) is 0.358. The van der Waals surface area contributed by atoms with Gasteiger partial charge >= 0.3 is 11.9 Å². The summed E-state index contributed by atoms with van der Waals surface area (Å²) in [6, 6.07) is 2.50. The lowest BCUT2D eigenvalue weighted by molar-refractivity contribution is -0.145. The number of aryl methyl sites for hydroxylation is 1. The van der Waals surface area contributed by atoms with Gasteiger partial charge in [0, 0.05) is 5.56 Å². The molecule has 0 aliphatic heterocycles. The number of aliphatic carboxylic acids is 2. The monoisotopic (exact) mass is 267 g/mol. The van der Waals surface area contributed by atoms with Crippen LogP contribution in [0.15, 0.2) is 18.2 Å². The van der Waals surface area contributed by atoms with Crippen molar-refractivity contribution in [3.05, 3.63) is 29.3 Å². The van der Waals surface area contributed by atoms with Crippen LogP contribution in [0.2, 0.25) is 0 Å². The third-order valence-electron chi connectivity index (χ3n) is 2.44. The number of hydrogen-bond donors (Lipinski definition) is 4. The average molecular weight is 267 g/mol. The second-order valence-corrected chi connectivity index (χ2v) is 3.96. The van der Waals surface area contributed by atoms with Gasteiger partial charge in [-0.1, -0.05) is 0 Å². The van der Waals surface area contributed by atoms with Gasteiger partial charge in [-0.05, 0) is 30.7 Å². The highest BCUT2D eigenvalue weighted by molar-refractivity contribution is 5.97. The normalized spacial score (nSPS) is 11.6. The minimum Gasteiger partial charge on any atom is -0.508 e. The molecular formula is C12H13NO6. The minimum atomic E-state index is -1.50. The van der Waals surface area contributed by atoms with Gasteiger partial charge in [-0.2, -0.15) is 0 Å². The fourth-order valence-electron chi connectivity index (χ4n) is 1.41. The van der Waals surface area contributed by atoms with E-state index in [4.69, 9.17) is 10.2 Å². The lowest BCUT2D eigenvalue weighted by Gasteiger charge is -2.12. The molecule has 0 bridgehead atoms. The van der Waals surface area contributed by atoms with Crippen molar-refractivity contribution in [2.45, 2.75) is 19.4 Å². The maximum absolute atomic E-state index is 11.8. The molecule has 7 heteroatoms. The van der Waals surface area contributed by atoms with E-state index >= 15 is 0 Å². The summed E-state index contributed by atoms with van der Waals surface area (Å²) in [5.74, 6) is -3.45. The van der Waals surface area contributed by atoms with Crippen molar-refractivity contribution in [2.75, 3.05) is 0 Å². The van der Waals surface area contributed by atoms with Crippen LogP contribution < -0.4 is 5.32 Å². The Labute approximate surface area is 108 Å². The highest BCUT2D eigenvalue weighted by Gasteiger charge is 2.23. The lowest BCUT2D eigenvalue weighted by Crippen LogP contribution is -2.42. The maximum atomic E-state index is 11.8. The van der Waals surface area contributed by atoms with Crippen LogP contribution in [0.25, 0.3) is 0 Å². The molecule has 1 unspecified atom stereocenters. The van der Waals surface area contributed by atoms with Gasteiger partial charge in [-0.3, -0.25) is 9.59 Å². The van der Waals surface area contributed by atoms with Crippen LogP contribution in [0.5, 0.6) is 5.75 Å². The Morgan fingerprint density at radius 2 is 1.89 bits per heavy atom. The SMILES string of the molecule is Cc1cc(C(=O)NC(CC(=O)O)C(=O)O)ccc1O. The zero-order valence-electron chi connectivity index (χ0n) is 10.1. The first kappa shape index (κ1) is 14.5. The second-order valence-electron chi connectivity index (χ2n) is 3.96. The number of rotatable bonds is 5. The van der Waals surface area contributed by atoms with Crippen LogP contribution in [0, 0.1) is 6.92 Å². The number of carbonyl (C=O) groups excluding carboxylic acids is 1. The van der Waals surface area contributed by atoms with Crippen molar-refractivity contribution in [1.29, 1.82) is 0 Å². The van der Waals surface area contributed by atoms with E-state index in [0.717, 1.165) is 0 Å². The van der Waals surface area contributed by atoms with Gasteiger partial charge in [0.05, 0.1) is 6.42 Å².